The van der Waals surface area contributed by atoms with Crippen LogP contribution in [0.2, 0.25) is 0 Å². The van der Waals surface area contributed by atoms with Gasteiger partial charge in [-0.05, 0) is 13.8 Å². The fraction of sp³-hybridized carbons (Fsp3) is 0.714. The van der Waals surface area contributed by atoms with Crippen LogP contribution >= 0.6 is 0 Å². The average Bonchev–Trinajstić information content (AvgIpc) is 2.45. The Labute approximate surface area is 83.0 Å². The molecular formula is C7H14N4O2S. The third kappa shape index (κ3) is 1.93. The van der Waals surface area contributed by atoms with Crippen molar-refractivity contribution in [3.8, 4) is 0 Å². The molecule has 7 heteroatoms. The lowest BCUT2D eigenvalue weighted by atomic mass is 10.3. The third-order valence-electron chi connectivity index (χ3n) is 1.80. The summed E-state index contributed by atoms with van der Waals surface area (Å²) in [6, 6.07) is -0.321. The van der Waals surface area contributed by atoms with Gasteiger partial charge < -0.3 is 10.3 Å². The zero-order chi connectivity index (χ0) is 10.9. The lowest BCUT2D eigenvalue weighted by Gasteiger charge is -2.07. The van der Waals surface area contributed by atoms with Gasteiger partial charge in [-0.15, -0.1) is 10.2 Å². The molecule has 0 saturated heterocycles. The fourth-order valence-electron chi connectivity index (χ4n) is 1.21. The van der Waals surface area contributed by atoms with Crippen LogP contribution in [-0.2, 0) is 16.4 Å². The van der Waals surface area contributed by atoms with Gasteiger partial charge in [0, 0.05) is 12.8 Å². The standard InChI is InChI=1S/C7H14N4O2S/c1-4-11-6(5(2)8)9-10-7(11)14(3,12)13/h5H,4,8H2,1-3H3/t5-/m1/s1. The van der Waals surface area contributed by atoms with Crippen molar-refractivity contribution in [3.63, 3.8) is 0 Å². The largest absolute Gasteiger partial charge is 0.322 e. The molecule has 0 spiro atoms. The highest BCUT2D eigenvalue weighted by Gasteiger charge is 2.20. The van der Waals surface area contributed by atoms with Crippen molar-refractivity contribution in [3.05, 3.63) is 5.82 Å². The Kier molecular flexibility index (Phi) is 2.91. The summed E-state index contributed by atoms with van der Waals surface area (Å²) in [6.45, 7) is 4.05. The summed E-state index contributed by atoms with van der Waals surface area (Å²) in [5.41, 5.74) is 5.63. The second-order valence-electron chi connectivity index (χ2n) is 3.15. The summed E-state index contributed by atoms with van der Waals surface area (Å²) in [5.74, 6) is 0.493. The Bertz CT molecular complexity index is 421. The van der Waals surface area contributed by atoms with E-state index in [0.717, 1.165) is 6.26 Å². The molecule has 1 aromatic heterocycles. The summed E-state index contributed by atoms with van der Waals surface area (Å²) in [5, 5.41) is 7.37. The van der Waals surface area contributed by atoms with Gasteiger partial charge in [0.1, 0.15) is 0 Å². The van der Waals surface area contributed by atoms with Crippen LogP contribution in [0.3, 0.4) is 0 Å². The van der Waals surface area contributed by atoms with Crippen molar-refractivity contribution in [1.29, 1.82) is 0 Å². The molecular weight excluding hydrogens is 204 g/mol. The van der Waals surface area contributed by atoms with Crippen molar-refractivity contribution in [2.75, 3.05) is 6.26 Å². The van der Waals surface area contributed by atoms with Gasteiger partial charge in [-0.3, -0.25) is 0 Å². The van der Waals surface area contributed by atoms with E-state index in [0.29, 0.717) is 12.4 Å². The average molecular weight is 218 g/mol. The van der Waals surface area contributed by atoms with E-state index >= 15 is 0 Å². The molecule has 0 bridgehead atoms. The van der Waals surface area contributed by atoms with Crippen LogP contribution < -0.4 is 5.73 Å². The van der Waals surface area contributed by atoms with Gasteiger partial charge in [0.05, 0.1) is 6.04 Å². The molecule has 6 nitrogen and oxygen atoms in total. The van der Waals surface area contributed by atoms with Crippen LogP contribution in [0.4, 0.5) is 0 Å². The molecule has 80 valence electrons. The highest BCUT2D eigenvalue weighted by Crippen LogP contribution is 2.12. The molecule has 0 aromatic carbocycles. The summed E-state index contributed by atoms with van der Waals surface area (Å²) in [6.07, 6.45) is 1.11. The lowest BCUT2D eigenvalue weighted by Crippen LogP contribution is -2.16. The molecule has 0 fully saturated rings. The molecule has 0 unspecified atom stereocenters. The molecule has 0 aliphatic carbocycles. The zero-order valence-electron chi connectivity index (χ0n) is 8.43. The first kappa shape index (κ1) is 11.1. The van der Waals surface area contributed by atoms with Gasteiger partial charge in [-0.1, -0.05) is 0 Å². The number of rotatable bonds is 3. The molecule has 1 atom stereocenters. The molecule has 0 radical (unpaired) electrons. The minimum absolute atomic E-state index is 0.0210. The van der Waals surface area contributed by atoms with Gasteiger partial charge in [0.25, 0.3) is 0 Å². The minimum Gasteiger partial charge on any atom is -0.322 e. The van der Waals surface area contributed by atoms with Crippen LogP contribution in [-0.4, -0.2) is 29.4 Å². The van der Waals surface area contributed by atoms with Gasteiger partial charge in [0.2, 0.25) is 15.0 Å². The molecule has 1 aromatic rings. The van der Waals surface area contributed by atoms with E-state index in [4.69, 9.17) is 5.73 Å². The zero-order valence-corrected chi connectivity index (χ0v) is 9.24. The van der Waals surface area contributed by atoms with Gasteiger partial charge in [0.15, 0.2) is 5.82 Å². The maximum atomic E-state index is 11.3. The molecule has 14 heavy (non-hydrogen) atoms. The first-order chi connectivity index (χ1) is 6.38. The van der Waals surface area contributed by atoms with E-state index in [9.17, 15) is 8.42 Å². The van der Waals surface area contributed by atoms with E-state index in [-0.39, 0.29) is 11.2 Å². The Balaban J connectivity index is 3.35. The van der Waals surface area contributed by atoms with Crippen LogP contribution in [0.25, 0.3) is 0 Å². The maximum absolute atomic E-state index is 11.3. The second kappa shape index (κ2) is 3.66. The Morgan fingerprint density at radius 3 is 2.43 bits per heavy atom. The third-order valence-corrected chi connectivity index (χ3v) is 2.77. The van der Waals surface area contributed by atoms with Crippen molar-refractivity contribution >= 4 is 9.84 Å². The fourth-order valence-corrected chi connectivity index (χ4v) is 2.02. The van der Waals surface area contributed by atoms with E-state index in [1.165, 1.54) is 4.57 Å². The van der Waals surface area contributed by atoms with Gasteiger partial charge in [-0.2, -0.15) is 0 Å². The molecule has 0 amide bonds. The number of hydrogen-bond acceptors (Lipinski definition) is 5. The van der Waals surface area contributed by atoms with Crippen molar-refractivity contribution in [2.45, 2.75) is 31.6 Å². The SMILES string of the molecule is CCn1c([C@@H](C)N)nnc1S(C)(=O)=O. The van der Waals surface area contributed by atoms with E-state index in [1.807, 2.05) is 6.92 Å². The van der Waals surface area contributed by atoms with E-state index in [1.54, 1.807) is 6.92 Å². The summed E-state index contributed by atoms with van der Waals surface area (Å²) in [4.78, 5) is 0. The normalized spacial score (nSPS) is 14.3. The summed E-state index contributed by atoms with van der Waals surface area (Å²) >= 11 is 0. The monoisotopic (exact) mass is 218 g/mol. The van der Waals surface area contributed by atoms with Crippen LogP contribution in [0.1, 0.15) is 25.7 Å². The van der Waals surface area contributed by atoms with Crippen molar-refractivity contribution in [2.24, 2.45) is 5.73 Å². The predicted octanol–water partition coefficient (Wildman–Crippen LogP) is -0.279. The van der Waals surface area contributed by atoms with Crippen molar-refractivity contribution in [1.82, 2.24) is 14.8 Å². The minimum atomic E-state index is -3.32. The number of hydrogen-bond donors (Lipinski definition) is 1. The number of nitrogens with two attached hydrogens (primary N) is 1. The molecule has 0 saturated carbocycles. The van der Waals surface area contributed by atoms with Gasteiger partial charge >= 0.3 is 0 Å². The molecule has 0 aliphatic rings. The predicted molar refractivity (Wildman–Crippen MR) is 51.4 cm³/mol. The Morgan fingerprint density at radius 1 is 1.50 bits per heavy atom. The number of aromatic nitrogens is 3. The smallest absolute Gasteiger partial charge is 0.249 e. The highest BCUT2D eigenvalue weighted by molar-refractivity contribution is 7.90. The maximum Gasteiger partial charge on any atom is 0.249 e. The number of nitrogens with zero attached hydrogens (tertiary/aromatic N) is 3. The van der Waals surface area contributed by atoms with Crippen LogP contribution in [0.15, 0.2) is 5.16 Å². The van der Waals surface area contributed by atoms with Crippen LogP contribution in [0.5, 0.6) is 0 Å². The first-order valence-electron chi connectivity index (χ1n) is 4.26. The molecule has 0 aliphatic heterocycles. The summed E-state index contributed by atoms with van der Waals surface area (Å²) in [7, 11) is -3.32. The van der Waals surface area contributed by atoms with E-state index in [2.05, 4.69) is 10.2 Å². The topological polar surface area (TPSA) is 90.9 Å². The van der Waals surface area contributed by atoms with Gasteiger partial charge in [-0.25, -0.2) is 8.42 Å². The molecule has 2 N–H and O–H groups in total. The van der Waals surface area contributed by atoms with E-state index < -0.39 is 9.84 Å². The summed E-state index contributed by atoms with van der Waals surface area (Å²) < 4.78 is 24.1. The first-order valence-corrected chi connectivity index (χ1v) is 6.15. The number of sulfone groups is 1. The lowest BCUT2D eigenvalue weighted by molar-refractivity contribution is 0.559. The van der Waals surface area contributed by atoms with Crippen LogP contribution in [0, 0.1) is 0 Å². The molecule has 1 heterocycles. The van der Waals surface area contributed by atoms with Crippen molar-refractivity contribution < 1.29 is 8.42 Å². The second-order valence-corrected chi connectivity index (χ2v) is 5.06. The molecule has 1 rings (SSSR count). The highest BCUT2D eigenvalue weighted by atomic mass is 32.2. The Morgan fingerprint density at radius 2 is 2.07 bits per heavy atom. The Hall–Kier alpha value is -0.950. The quantitative estimate of drug-likeness (QED) is 0.753.